The molecule has 0 saturated carbocycles. The number of carbonyl (C=O) groups is 1. The van der Waals surface area contributed by atoms with Crippen LogP contribution in [0, 0.1) is 11.8 Å². The van der Waals surface area contributed by atoms with Crippen molar-refractivity contribution in [3.05, 3.63) is 59.7 Å². The lowest BCUT2D eigenvalue weighted by molar-refractivity contribution is -0.0902. The zero-order valence-corrected chi connectivity index (χ0v) is 18.5. The molecule has 0 spiro atoms. The fourth-order valence-electron chi connectivity index (χ4n) is 4.25. The van der Waals surface area contributed by atoms with Gasteiger partial charge in [-0.2, -0.15) is 13.2 Å². The Labute approximate surface area is 187 Å². The van der Waals surface area contributed by atoms with Crippen LogP contribution in [0.1, 0.15) is 32.3 Å². The molecular weight excluding hydrogens is 421 g/mol. The predicted octanol–water partition coefficient (Wildman–Crippen LogP) is 4.75. The molecule has 1 aliphatic heterocycles. The number of halogens is 3. The van der Waals surface area contributed by atoms with Crippen LogP contribution in [0.4, 0.5) is 18.0 Å². The first-order chi connectivity index (χ1) is 15.1. The summed E-state index contributed by atoms with van der Waals surface area (Å²) in [6.07, 6.45) is 0.507. The Hall–Kier alpha value is -2.32. The average Bonchev–Trinajstić information content (AvgIpc) is 2.73. The maximum Gasteiger partial charge on any atom is 0.416 e. The SMILES string of the molecule is CC1(C)CC(NCCNC(=O)OCc2ccccc2)C2C=CC(C(F)(F)F)=CC2CCO1. The summed E-state index contributed by atoms with van der Waals surface area (Å²) in [4.78, 5) is 11.9. The zero-order chi connectivity index (χ0) is 23.2. The third-order valence-electron chi connectivity index (χ3n) is 5.85. The fourth-order valence-corrected chi connectivity index (χ4v) is 4.25. The number of benzene rings is 1. The van der Waals surface area contributed by atoms with Crippen molar-refractivity contribution in [2.45, 2.75) is 51.1 Å². The van der Waals surface area contributed by atoms with Gasteiger partial charge < -0.3 is 20.1 Å². The van der Waals surface area contributed by atoms with E-state index in [2.05, 4.69) is 10.6 Å². The van der Waals surface area contributed by atoms with E-state index in [1.54, 1.807) is 6.08 Å². The molecule has 1 aromatic carbocycles. The minimum atomic E-state index is -4.35. The summed E-state index contributed by atoms with van der Waals surface area (Å²) >= 11 is 0. The number of ether oxygens (including phenoxy) is 2. The van der Waals surface area contributed by atoms with E-state index in [1.165, 1.54) is 12.2 Å². The van der Waals surface area contributed by atoms with Crippen molar-refractivity contribution in [3.63, 3.8) is 0 Å². The van der Waals surface area contributed by atoms with Crippen molar-refractivity contribution < 1.29 is 27.4 Å². The van der Waals surface area contributed by atoms with Gasteiger partial charge in [0, 0.05) is 25.7 Å². The molecule has 176 valence electrons. The average molecular weight is 453 g/mol. The molecule has 0 bridgehead atoms. The van der Waals surface area contributed by atoms with E-state index < -0.39 is 23.4 Å². The predicted molar refractivity (Wildman–Crippen MR) is 116 cm³/mol. The van der Waals surface area contributed by atoms with Crippen LogP contribution in [-0.4, -0.2) is 43.6 Å². The van der Waals surface area contributed by atoms with Crippen molar-refractivity contribution in [2.75, 3.05) is 19.7 Å². The van der Waals surface area contributed by atoms with Crippen molar-refractivity contribution in [3.8, 4) is 0 Å². The molecule has 1 aliphatic carbocycles. The summed E-state index contributed by atoms with van der Waals surface area (Å²) < 4.78 is 50.7. The van der Waals surface area contributed by atoms with E-state index in [1.807, 2.05) is 44.2 Å². The minimum Gasteiger partial charge on any atom is -0.445 e. The molecular formula is C24H31F3N2O3. The number of nitrogens with one attached hydrogen (secondary N) is 2. The van der Waals surface area contributed by atoms with Crippen LogP contribution in [0.15, 0.2) is 54.1 Å². The topological polar surface area (TPSA) is 59.6 Å². The maximum absolute atomic E-state index is 13.2. The minimum absolute atomic E-state index is 0.0747. The maximum atomic E-state index is 13.2. The van der Waals surface area contributed by atoms with Gasteiger partial charge in [0.15, 0.2) is 0 Å². The number of fused-ring (bicyclic) bond motifs is 1. The molecule has 1 amide bonds. The van der Waals surface area contributed by atoms with Gasteiger partial charge in [-0.3, -0.25) is 0 Å². The van der Waals surface area contributed by atoms with E-state index in [0.717, 1.165) is 5.56 Å². The summed E-state index contributed by atoms with van der Waals surface area (Å²) in [6, 6.07) is 9.31. The standard InChI is InChI=1S/C24H31F3N2O3/c1-23(2)15-21(20-9-8-19(24(25,26)27)14-18(20)10-13-32-23)28-11-12-29-22(30)31-16-17-6-4-3-5-7-17/h3-9,14,18,20-21,28H,10-13,15-16H2,1-2H3,(H,29,30). The van der Waals surface area contributed by atoms with E-state index in [-0.39, 0.29) is 24.5 Å². The second-order valence-corrected chi connectivity index (χ2v) is 8.87. The molecule has 5 nitrogen and oxygen atoms in total. The van der Waals surface area contributed by atoms with Gasteiger partial charge in [-0.05, 0) is 44.1 Å². The third-order valence-corrected chi connectivity index (χ3v) is 5.85. The number of alkyl carbamates (subject to hydrolysis) is 1. The summed E-state index contributed by atoms with van der Waals surface area (Å²) in [5.41, 5.74) is -0.0916. The van der Waals surface area contributed by atoms with Gasteiger partial charge in [-0.1, -0.05) is 48.6 Å². The molecule has 1 saturated heterocycles. The third kappa shape index (κ3) is 7.10. The Kier molecular flexibility index (Phi) is 8.00. The largest absolute Gasteiger partial charge is 0.445 e. The molecule has 2 aliphatic rings. The molecule has 8 heteroatoms. The molecule has 1 fully saturated rings. The molecule has 2 N–H and O–H groups in total. The van der Waals surface area contributed by atoms with Crippen molar-refractivity contribution in [1.29, 1.82) is 0 Å². The zero-order valence-electron chi connectivity index (χ0n) is 18.5. The van der Waals surface area contributed by atoms with Crippen LogP contribution < -0.4 is 10.6 Å². The second kappa shape index (κ2) is 10.5. The highest BCUT2D eigenvalue weighted by molar-refractivity contribution is 5.67. The second-order valence-electron chi connectivity index (χ2n) is 8.87. The molecule has 3 atom stereocenters. The number of carbonyl (C=O) groups excluding carboxylic acids is 1. The van der Waals surface area contributed by atoms with E-state index in [9.17, 15) is 18.0 Å². The lowest BCUT2D eigenvalue weighted by atomic mass is 9.75. The Morgan fingerprint density at radius 3 is 2.69 bits per heavy atom. The highest BCUT2D eigenvalue weighted by atomic mass is 19.4. The molecule has 0 radical (unpaired) electrons. The summed E-state index contributed by atoms with van der Waals surface area (Å²) in [7, 11) is 0. The normalized spacial score (nSPS) is 25.2. The summed E-state index contributed by atoms with van der Waals surface area (Å²) in [5, 5.41) is 6.12. The van der Waals surface area contributed by atoms with Gasteiger partial charge in [-0.25, -0.2) is 4.79 Å². The lowest BCUT2D eigenvalue weighted by Gasteiger charge is -2.41. The quantitative estimate of drug-likeness (QED) is 0.612. The van der Waals surface area contributed by atoms with Crippen LogP contribution in [0.2, 0.25) is 0 Å². The highest BCUT2D eigenvalue weighted by Crippen LogP contribution is 2.39. The summed E-state index contributed by atoms with van der Waals surface area (Å²) in [6.45, 7) is 5.40. The van der Waals surface area contributed by atoms with Crippen LogP contribution >= 0.6 is 0 Å². The van der Waals surface area contributed by atoms with Crippen LogP contribution in [0.5, 0.6) is 0 Å². The first-order valence-electron chi connectivity index (χ1n) is 10.9. The highest BCUT2D eigenvalue weighted by Gasteiger charge is 2.40. The van der Waals surface area contributed by atoms with Gasteiger partial charge in [0.2, 0.25) is 0 Å². The van der Waals surface area contributed by atoms with E-state index >= 15 is 0 Å². The van der Waals surface area contributed by atoms with Gasteiger partial charge in [0.25, 0.3) is 0 Å². The van der Waals surface area contributed by atoms with E-state index in [0.29, 0.717) is 32.5 Å². The lowest BCUT2D eigenvalue weighted by Crippen LogP contribution is -2.48. The molecule has 1 heterocycles. The molecule has 32 heavy (non-hydrogen) atoms. The number of alkyl halides is 3. The van der Waals surface area contributed by atoms with Crippen LogP contribution in [0.3, 0.4) is 0 Å². The number of hydrogen-bond acceptors (Lipinski definition) is 4. The summed E-state index contributed by atoms with van der Waals surface area (Å²) in [5.74, 6) is -0.330. The Morgan fingerprint density at radius 2 is 1.97 bits per heavy atom. The van der Waals surface area contributed by atoms with Gasteiger partial charge in [0.05, 0.1) is 11.2 Å². The number of rotatable bonds is 6. The first kappa shape index (κ1) is 24.3. The Bertz CT molecular complexity index is 822. The van der Waals surface area contributed by atoms with Gasteiger partial charge in [-0.15, -0.1) is 0 Å². The molecule has 3 unspecified atom stereocenters. The molecule has 3 rings (SSSR count). The van der Waals surface area contributed by atoms with Crippen LogP contribution in [0.25, 0.3) is 0 Å². The Balaban J connectivity index is 1.53. The van der Waals surface area contributed by atoms with E-state index in [4.69, 9.17) is 9.47 Å². The fraction of sp³-hybridized carbons (Fsp3) is 0.542. The van der Waals surface area contributed by atoms with Gasteiger partial charge in [0.1, 0.15) is 6.61 Å². The van der Waals surface area contributed by atoms with Crippen LogP contribution in [-0.2, 0) is 16.1 Å². The number of amides is 1. The molecule has 0 aromatic heterocycles. The van der Waals surface area contributed by atoms with Crippen molar-refractivity contribution >= 4 is 6.09 Å². The number of hydrogen-bond donors (Lipinski definition) is 2. The van der Waals surface area contributed by atoms with Crippen molar-refractivity contribution in [1.82, 2.24) is 10.6 Å². The molecule has 1 aromatic rings. The monoisotopic (exact) mass is 452 g/mol. The number of allylic oxidation sites excluding steroid dienone is 3. The van der Waals surface area contributed by atoms with Gasteiger partial charge >= 0.3 is 12.3 Å². The first-order valence-corrected chi connectivity index (χ1v) is 10.9. The smallest absolute Gasteiger partial charge is 0.416 e. The van der Waals surface area contributed by atoms with Crippen molar-refractivity contribution in [2.24, 2.45) is 11.8 Å². The Morgan fingerprint density at radius 1 is 1.22 bits per heavy atom.